The molecule has 0 radical (unpaired) electrons. The van der Waals surface area contributed by atoms with Crippen LogP contribution in [0.4, 0.5) is 11.4 Å². The monoisotopic (exact) mass is 445 g/mol. The predicted molar refractivity (Wildman–Crippen MR) is 112 cm³/mol. The fourth-order valence-electron chi connectivity index (χ4n) is 2.92. The summed E-state index contributed by atoms with van der Waals surface area (Å²) >= 11 is 3.46. The number of benzene rings is 2. The molecule has 0 saturated carbocycles. The fraction of sp³-hybridized carbons (Fsp3) is 0.278. The second-order valence-corrected chi connectivity index (χ2v) is 6.79. The molecule has 3 N–H and O–H groups in total. The van der Waals surface area contributed by atoms with Crippen LogP contribution in [0.2, 0.25) is 0 Å². The van der Waals surface area contributed by atoms with Gasteiger partial charge in [0, 0.05) is 35.5 Å². The number of nitrogens with two attached hydrogens (primary N) is 1. The summed E-state index contributed by atoms with van der Waals surface area (Å²) in [4.78, 5) is 14.6. The topological polar surface area (TPSA) is 58.4 Å². The number of nitrogens with zero attached hydrogens (tertiary/aromatic N) is 1. The normalized spacial score (nSPS) is 15.9. The Morgan fingerprint density at radius 1 is 1.16 bits per heavy atom. The van der Waals surface area contributed by atoms with E-state index in [1.54, 1.807) is 12.1 Å². The van der Waals surface area contributed by atoms with Crippen molar-refractivity contribution in [2.75, 3.05) is 30.3 Å². The lowest BCUT2D eigenvalue weighted by molar-refractivity contribution is 0.0949. The van der Waals surface area contributed by atoms with E-state index in [1.807, 2.05) is 12.1 Å². The predicted octanol–water partition coefficient (Wildman–Crippen LogP) is 4.13. The number of nitrogens with one attached hydrogen (secondary N) is 1. The Bertz CT molecular complexity index is 697. The lowest BCUT2D eigenvalue weighted by Crippen LogP contribution is -2.31. The van der Waals surface area contributed by atoms with Crippen molar-refractivity contribution in [2.45, 2.75) is 6.42 Å². The van der Waals surface area contributed by atoms with Gasteiger partial charge in [0.05, 0.1) is 5.56 Å². The van der Waals surface area contributed by atoms with Crippen LogP contribution in [0.25, 0.3) is 0 Å². The van der Waals surface area contributed by atoms with E-state index in [0.29, 0.717) is 23.7 Å². The molecule has 7 heteroatoms. The Kier molecular flexibility index (Phi) is 8.56. The third-order valence-corrected chi connectivity index (χ3v) is 4.76. The molecule has 136 valence electrons. The first-order valence-electron chi connectivity index (χ1n) is 7.76. The summed E-state index contributed by atoms with van der Waals surface area (Å²) in [7, 11) is 0. The van der Waals surface area contributed by atoms with Crippen molar-refractivity contribution in [3.05, 3.63) is 58.6 Å². The Balaban J connectivity index is 0.00000156. The van der Waals surface area contributed by atoms with E-state index in [0.717, 1.165) is 24.0 Å². The van der Waals surface area contributed by atoms with Gasteiger partial charge in [0.2, 0.25) is 0 Å². The van der Waals surface area contributed by atoms with E-state index in [1.165, 1.54) is 5.69 Å². The van der Waals surface area contributed by atoms with Crippen molar-refractivity contribution >= 4 is 58.0 Å². The molecule has 25 heavy (non-hydrogen) atoms. The molecule has 2 aromatic carbocycles. The van der Waals surface area contributed by atoms with E-state index in [4.69, 9.17) is 5.73 Å². The van der Waals surface area contributed by atoms with Crippen LogP contribution in [0, 0.1) is 5.92 Å². The summed E-state index contributed by atoms with van der Waals surface area (Å²) in [5, 5.41) is 3.01. The highest BCUT2D eigenvalue weighted by Crippen LogP contribution is 2.25. The van der Waals surface area contributed by atoms with Gasteiger partial charge in [-0.1, -0.05) is 28.1 Å². The highest BCUT2D eigenvalue weighted by atomic mass is 79.9. The maximum Gasteiger partial charge on any atom is 0.253 e. The molecule has 0 spiro atoms. The maximum absolute atomic E-state index is 12.2. The van der Waals surface area contributed by atoms with Crippen molar-refractivity contribution in [2.24, 2.45) is 5.92 Å². The Morgan fingerprint density at radius 2 is 1.84 bits per heavy atom. The third-order valence-electron chi connectivity index (χ3n) is 4.23. The maximum atomic E-state index is 12.2. The summed E-state index contributed by atoms with van der Waals surface area (Å²) in [6.07, 6.45) is 1.08. The van der Waals surface area contributed by atoms with Gasteiger partial charge in [0.1, 0.15) is 0 Å². The minimum Gasteiger partial charge on any atom is -0.398 e. The summed E-state index contributed by atoms with van der Waals surface area (Å²) in [6, 6.07) is 15.5. The average molecular weight is 447 g/mol. The third kappa shape index (κ3) is 5.53. The number of anilines is 2. The molecule has 1 heterocycles. The van der Waals surface area contributed by atoms with E-state index >= 15 is 0 Å². The van der Waals surface area contributed by atoms with Crippen LogP contribution in [0.3, 0.4) is 0 Å². The van der Waals surface area contributed by atoms with Gasteiger partial charge in [-0.15, -0.1) is 24.8 Å². The first-order valence-corrected chi connectivity index (χ1v) is 8.56. The number of nitrogen functional groups attached to an aromatic ring is 1. The van der Waals surface area contributed by atoms with Crippen LogP contribution in [-0.2, 0) is 0 Å². The molecule has 2 aromatic rings. The lowest BCUT2D eigenvalue weighted by Gasteiger charge is -2.19. The number of hydrogen-bond acceptors (Lipinski definition) is 3. The highest BCUT2D eigenvalue weighted by Gasteiger charge is 2.23. The molecule has 1 saturated heterocycles. The van der Waals surface area contributed by atoms with Gasteiger partial charge in [-0.05, 0) is 48.7 Å². The van der Waals surface area contributed by atoms with Gasteiger partial charge >= 0.3 is 0 Å². The molecule has 0 bridgehead atoms. The smallest absolute Gasteiger partial charge is 0.253 e. The number of halogens is 3. The van der Waals surface area contributed by atoms with E-state index in [2.05, 4.69) is 50.4 Å². The largest absolute Gasteiger partial charge is 0.398 e. The Morgan fingerprint density at radius 3 is 2.52 bits per heavy atom. The van der Waals surface area contributed by atoms with E-state index in [9.17, 15) is 4.79 Å². The summed E-state index contributed by atoms with van der Waals surface area (Å²) in [5.74, 6) is 0.373. The first kappa shape index (κ1) is 21.6. The van der Waals surface area contributed by atoms with E-state index < -0.39 is 0 Å². The van der Waals surface area contributed by atoms with Gasteiger partial charge in [-0.3, -0.25) is 4.79 Å². The summed E-state index contributed by atoms with van der Waals surface area (Å²) in [6.45, 7) is 2.67. The SMILES string of the molecule is Cl.Cl.Nc1ccccc1C(=O)NCC1CCN(c2ccc(Br)cc2)C1. The van der Waals surface area contributed by atoms with E-state index in [-0.39, 0.29) is 30.7 Å². The van der Waals surface area contributed by atoms with Crippen molar-refractivity contribution < 1.29 is 4.79 Å². The number of hydrogen-bond donors (Lipinski definition) is 2. The van der Waals surface area contributed by atoms with Crippen molar-refractivity contribution in [1.82, 2.24) is 5.32 Å². The second kappa shape index (κ2) is 9.90. The molecule has 1 amide bonds. The minimum atomic E-state index is -0.0924. The molecule has 1 aliphatic heterocycles. The highest BCUT2D eigenvalue weighted by molar-refractivity contribution is 9.10. The molecule has 1 fully saturated rings. The van der Waals surface area contributed by atoms with Gasteiger partial charge in [0.15, 0.2) is 0 Å². The lowest BCUT2D eigenvalue weighted by atomic mass is 10.1. The van der Waals surface area contributed by atoms with Gasteiger partial charge in [-0.2, -0.15) is 0 Å². The number of carbonyl (C=O) groups excluding carboxylic acids is 1. The van der Waals surface area contributed by atoms with Crippen molar-refractivity contribution in [1.29, 1.82) is 0 Å². The zero-order valence-electron chi connectivity index (χ0n) is 13.7. The number of rotatable bonds is 4. The number of carbonyl (C=O) groups is 1. The quantitative estimate of drug-likeness (QED) is 0.694. The second-order valence-electron chi connectivity index (χ2n) is 5.87. The van der Waals surface area contributed by atoms with Gasteiger partial charge < -0.3 is 16.0 Å². The molecule has 0 aliphatic carbocycles. The molecule has 1 atom stereocenters. The standard InChI is InChI=1S/C18H20BrN3O.2ClH/c19-14-5-7-15(8-6-14)22-10-9-13(12-22)11-21-18(23)16-3-1-2-4-17(16)20;;/h1-8,13H,9-12,20H2,(H,21,23);2*1H. The van der Waals surface area contributed by atoms with Crippen LogP contribution in [-0.4, -0.2) is 25.5 Å². The molecular formula is C18H22BrCl2N3O. The Hall–Kier alpha value is -1.43. The van der Waals surface area contributed by atoms with Crippen molar-refractivity contribution in [3.63, 3.8) is 0 Å². The van der Waals surface area contributed by atoms with Crippen LogP contribution >= 0.6 is 40.7 Å². The van der Waals surface area contributed by atoms with Gasteiger partial charge in [0.25, 0.3) is 5.91 Å². The zero-order valence-corrected chi connectivity index (χ0v) is 16.9. The molecule has 1 unspecified atom stereocenters. The average Bonchev–Trinajstić information content (AvgIpc) is 3.03. The number of para-hydroxylation sites is 1. The van der Waals surface area contributed by atoms with Gasteiger partial charge in [-0.25, -0.2) is 0 Å². The zero-order chi connectivity index (χ0) is 16.2. The van der Waals surface area contributed by atoms with Crippen LogP contribution in [0.15, 0.2) is 53.0 Å². The molecular weight excluding hydrogens is 425 g/mol. The van der Waals surface area contributed by atoms with Crippen molar-refractivity contribution in [3.8, 4) is 0 Å². The summed E-state index contributed by atoms with van der Waals surface area (Å²) in [5.41, 5.74) is 8.15. The van der Waals surface area contributed by atoms with Crippen LogP contribution in [0.5, 0.6) is 0 Å². The Labute approximate surface area is 169 Å². The minimum absolute atomic E-state index is 0. The number of amides is 1. The molecule has 1 aliphatic rings. The van der Waals surface area contributed by atoms with Crippen LogP contribution in [0.1, 0.15) is 16.8 Å². The van der Waals surface area contributed by atoms with Crippen LogP contribution < -0.4 is 16.0 Å². The molecule has 4 nitrogen and oxygen atoms in total. The molecule has 3 rings (SSSR count). The molecule has 0 aromatic heterocycles. The first-order chi connectivity index (χ1) is 11.1. The summed E-state index contributed by atoms with van der Waals surface area (Å²) < 4.78 is 1.09. The fourth-order valence-corrected chi connectivity index (χ4v) is 3.19.